The summed E-state index contributed by atoms with van der Waals surface area (Å²) in [6, 6.07) is 1.67. The third kappa shape index (κ3) is 1.90. The molecule has 0 atom stereocenters. The molecule has 0 saturated heterocycles. The van der Waals surface area contributed by atoms with Gasteiger partial charge in [-0.05, 0) is 13.0 Å². The zero-order chi connectivity index (χ0) is 9.97. The summed E-state index contributed by atoms with van der Waals surface area (Å²) >= 11 is 1.56. The quantitative estimate of drug-likeness (QED) is 0.726. The molecule has 0 bridgehead atoms. The molecule has 3 nitrogen and oxygen atoms in total. The highest BCUT2D eigenvalue weighted by Crippen LogP contribution is 2.11. The van der Waals surface area contributed by atoms with E-state index in [1.165, 1.54) is 12.5 Å². The molecule has 0 fully saturated rings. The molecule has 0 spiro atoms. The zero-order valence-corrected chi connectivity index (χ0v) is 8.50. The predicted molar refractivity (Wildman–Crippen MR) is 53.6 cm³/mol. The monoisotopic (exact) mass is 207 g/mol. The Morgan fingerprint density at radius 3 is 3.07 bits per heavy atom. The summed E-state index contributed by atoms with van der Waals surface area (Å²) in [5.41, 5.74) is 1.44. The maximum Gasteiger partial charge on any atom is 0.172 e. The molecule has 4 heteroatoms. The van der Waals surface area contributed by atoms with Crippen LogP contribution in [-0.2, 0) is 6.42 Å². The lowest BCUT2D eigenvalue weighted by molar-refractivity contribution is 0.0991. The lowest BCUT2D eigenvalue weighted by Crippen LogP contribution is -2.02. The summed E-state index contributed by atoms with van der Waals surface area (Å²) in [6.07, 6.45) is 3.31. The second-order valence-corrected chi connectivity index (χ2v) is 4.03. The molecule has 0 aromatic carbocycles. The van der Waals surface area contributed by atoms with Crippen LogP contribution in [0.25, 0.3) is 0 Å². The number of nitrogens with zero attached hydrogens (tertiary/aromatic N) is 1. The van der Waals surface area contributed by atoms with E-state index >= 15 is 0 Å². The average molecular weight is 207 g/mol. The molecule has 2 aromatic heterocycles. The van der Waals surface area contributed by atoms with Crippen LogP contribution in [0.5, 0.6) is 0 Å². The molecule has 0 unspecified atom stereocenters. The molecule has 0 aliphatic heterocycles. The van der Waals surface area contributed by atoms with E-state index in [-0.39, 0.29) is 5.78 Å². The molecule has 0 radical (unpaired) electrons. The Bertz CT molecular complexity index is 431. The molecule has 2 aromatic rings. The Morgan fingerprint density at radius 1 is 1.64 bits per heavy atom. The lowest BCUT2D eigenvalue weighted by atomic mass is 10.1. The van der Waals surface area contributed by atoms with E-state index in [1.54, 1.807) is 17.4 Å². The number of Topliss-reactive ketones (excluding diaryl/α,β-unsaturated/α-hetero) is 1. The van der Waals surface area contributed by atoms with Gasteiger partial charge in [-0.15, -0.1) is 11.3 Å². The third-order valence-electron chi connectivity index (χ3n) is 1.85. The largest absolute Gasteiger partial charge is 0.472 e. The van der Waals surface area contributed by atoms with E-state index in [0.717, 1.165) is 10.7 Å². The van der Waals surface area contributed by atoms with Crippen LogP contribution in [0, 0.1) is 6.92 Å². The fraction of sp³-hybridized carbons (Fsp3) is 0.200. The fourth-order valence-electron chi connectivity index (χ4n) is 1.18. The van der Waals surface area contributed by atoms with Crippen LogP contribution in [-0.4, -0.2) is 10.8 Å². The van der Waals surface area contributed by atoms with Gasteiger partial charge in [0.1, 0.15) is 6.26 Å². The average Bonchev–Trinajstić information content (AvgIpc) is 2.75. The molecular formula is C10H9NO2S. The molecule has 2 rings (SSSR count). The van der Waals surface area contributed by atoms with Gasteiger partial charge in [0, 0.05) is 5.38 Å². The second kappa shape index (κ2) is 3.75. The van der Waals surface area contributed by atoms with Gasteiger partial charge in [-0.3, -0.25) is 4.79 Å². The van der Waals surface area contributed by atoms with Crippen LogP contribution in [0.3, 0.4) is 0 Å². The first-order chi connectivity index (χ1) is 6.75. The standard InChI is InChI=1S/C10H9NO2S/c1-7-11-9(6-14-7)4-10(12)8-2-3-13-5-8/h2-3,5-6H,4H2,1H3. The molecule has 0 N–H and O–H groups in total. The maximum atomic E-state index is 11.6. The van der Waals surface area contributed by atoms with Crippen LogP contribution < -0.4 is 0 Å². The highest BCUT2D eigenvalue weighted by molar-refractivity contribution is 7.09. The molecule has 0 aliphatic carbocycles. The van der Waals surface area contributed by atoms with Gasteiger partial charge in [-0.2, -0.15) is 0 Å². The highest BCUT2D eigenvalue weighted by atomic mass is 32.1. The van der Waals surface area contributed by atoms with E-state index in [2.05, 4.69) is 4.98 Å². The Kier molecular flexibility index (Phi) is 2.45. The van der Waals surface area contributed by atoms with Gasteiger partial charge in [0.25, 0.3) is 0 Å². The van der Waals surface area contributed by atoms with Crippen molar-refractivity contribution in [3.8, 4) is 0 Å². The van der Waals surface area contributed by atoms with Crippen molar-refractivity contribution in [2.45, 2.75) is 13.3 Å². The van der Waals surface area contributed by atoms with Crippen molar-refractivity contribution in [2.24, 2.45) is 0 Å². The number of aromatic nitrogens is 1. The van der Waals surface area contributed by atoms with E-state index in [0.29, 0.717) is 12.0 Å². The molecule has 0 amide bonds. The van der Waals surface area contributed by atoms with Gasteiger partial charge in [-0.1, -0.05) is 0 Å². The number of carbonyl (C=O) groups is 1. The highest BCUT2D eigenvalue weighted by Gasteiger charge is 2.09. The van der Waals surface area contributed by atoms with Crippen molar-refractivity contribution in [3.63, 3.8) is 0 Å². The van der Waals surface area contributed by atoms with Gasteiger partial charge in [0.05, 0.1) is 28.9 Å². The molecule has 14 heavy (non-hydrogen) atoms. The Labute approximate surface area is 85.4 Å². The summed E-state index contributed by atoms with van der Waals surface area (Å²) in [5, 5.41) is 2.90. The fourth-order valence-corrected chi connectivity index (χ4v) is 1.79. The van der Waals surface area contributed by atoms with Gasteiger partial charge < -0.3 is 4.42 Å². The van der Waals surface area contributed by atoms with Crippen molar-refractivity contribution < 1.29 is 9.21 Å². The number of carbonyl (C=O) groups excluding carboxylic acids is 1. The minimum atomic E-state index is 0.0454. The number of thiazole rings is 1. The topological polar surface area (TPSA) is 43.1 Å². The first-order valence-electron chi connectivity index (χ1n) is 4.22. The van der Waals surface area contributed by atoms with Gasteiger partial charge in [0.2, 0.25) is 0 Å². The smallest absolute Gasteiger partial charge is 0.172 e. The van der Waals surface area contributed by atoms with Crippen LogP contribution in [0.15, 0.2) is 28.4 Å². The van der Waals surface area contributed by atoms with Crippen molar-refractivity contribution in [3.05, 3.63) is 40.2 Å². The normalized spacial score (nSPS) is 10.4. The van der Waals surface area contributed by atoms with Crippen LogP contribution in [0.1, 0.15) is 21.1 Å². The molecule has 0 saturated carbocycles. The van der Waals surface area contributed by atoms with Crippen molar-refractivity contribution >= 4 is 17.1 Å². The maximum absolute atomic E-state index is 11.6. The number of furan rings is 1. The minimum absolute atomic E-state index is 0.0454. The summed E-state index contributed by atoms with van der Waals surface area (Å²) in [5.74, 6) is 0.0454. The van der Waals surface area contributed by atoms with Crippen LogP contribution >= 0.6 is 11.3 Å². The lowest BCUT2D eigenvalue weighted by Gasteiger charge is -1.92. The number of hydrogen-bond acceptors (Lipinski definition) is 4. The molecule has 0 aliphatic rings. The van der Waals surface area contributed by atoms with Gasteiger partial charge in [-0.25, -0.2) is 4.98 Å². The van der Waals surface area contributed by atoms with E-state index < -0.39 is 0 Å². The summed E-state index contributed by atoms with van der Waals surface area (Å²) in [6.45, 7) is 1.93. The van der Waals surface area contributed by atoms with E-state index in [9.17, 15) is 4.79 Å². The van der Waals surface area contributed by atoms with Gasteiger partial charge in [0.15, 0.2) is 5.78 Å². The van der Waals surface area contributed by atoms with E-state index in [1.807, 2.05) is 12.3 Å². The predicted octanol–water partition coefficient (Wildman–Crippen LogP) is 2.47. The van der Waals surface area contributed by atoms with Crippen molar-refractivity contribution in [2.75, 3.05) is 0 Å². The van der Waals surface area contributed by atoms with Crippen LogP contribution in [0.2, 0.25) is 0 Å². The van der Waals surface area contributed by atoms with Crippen molar-refractivity contribution in [1.29, 1.82) is 0 Å². The van der Waals surface area contributed by atoms with Crippen molar-refractivity contribution in [1.82, 2.24) is 4.98 Å². The first kappa shape index (κ1) is 9.15. The number of aryl methyl sites for hydroxylation is 1. The number of rotatable bonds is 3. The Balaban J connectivity index is 2.09. The number of hydrogen-bond donors (Lipinski definition) is 0. The van der Waals surface area contributed by atoms with Gasteiger partial charge >= 0.3 is 0 Å². The summed E-state index contributed by atoms with van der Waals surface area (Å²) < 4.78 is 4.84. The molecule has 2 heterocycles. The minimum Gasteiger partial charge on any atom is -0.472 e. The Morgan fingerprint density at radius 2 is 2.50 bits per heavy atom. The second-order valence-electron chi connectivity index (χ2n) is 2.97. The number of ketones is 1. The Hall–Kier alpha value is -1.42. The SMILES string of the molecule is Cc1nc(CC(=O)c2ccoc2)cs1. The summed E-state index contributed by atoms with van der Waals surface area (Å²) in [7, 11) is 0. The molecule has 72 valence electrons. The summed E-state index contributed by atoms with van der Waals surface area (Å²) in [4.78, 5) is 15.8. The molecular weight excluding hydrogens is 198 g/mol. The zero-order valence-electron chi connectivity index (χ0n) is 7.69. The van der Waals surface area contributed by atoms with Crippen LogP contribution in [0.4, 0.5) is 0 Å². The first-order valence-corrected chi connectivity index (χ1v) is 5.10. The van der Waals surface area contributed by atoms with E-state index in [4.69, 9.17) is 4.42 Å². The third-order valence-corrected chi connectivity index (χ3v) is 2.67.